The van der Waals surface area contributed by atoms with Gasteiger partial charge in [-0.05, 0) is 44.4 Å². The molecular formula is C15H17NO3. The number of aryl methyl sites for hydroxylation is 3. The van der Waals surface area contributed by atoms with Gasteiger partial charge in [0, 0.05) is 17.4 Å². The zero-order valence-electron chi connectivity index (χ0n) is 11.3. The molecule has 0 spiro atoms. The molecule has 0 aliphatic rings. The highest BCUT2D eigenvalue weighted by Gasteiger charge is 2.12. The maximum absolute atomic E-state index is 12.1. The first-order chi connectivity index (χ1) is 8.90. The highest BCUT2D eigenvalue weighted by atomic mass is 16.4. The molecule has 4 nitrogen and oxygen atoms in total. The van der Waals surface area contributed by atoms with Crippen molar-refractivity contribution in [3.8, 4) is 0 Å². The lowest BCUT2D eigenvalue weighted by Gasteiger charge is -2.11. The fourth-order valence-corrected chi connectivity index (χ4v) is 2.48. The lowest BCUT2D eigenvalue weighted by molar-refractivity contribution is -0.136. The van der Waals surface area contributed by atoms with Gasteiger partial charge in [-0.1, -0.05) is 11.6 Å². The van der Waals surface area contributed by atoms with E-state index < -0.39 is 5.97 Å². The molecule has 0 atom stereocenters. The zero-order valence-corrected chi connectivity index (χ0v) is 11.3. The fourth-order valence-electron chi connectivity index (χ4n) is 2.48. The summed E-state index contributed by atoms with van der Waals surface area (Å²) in [5.74, 6) is -0.890. The summed E-state index contributed by atoms with van der Waals surface area (Å²) in [4.78, 5) is 25.6. The molecule has 0 bridgehead atoms. The number of nitrogens with one attached hydrogen (secondary N) is 1. The van der Waals surface area contributed by atoms with Gasteiger partial charge in [0.25, 0.3) is 5.56 Å². The minimum absolute atomic E-state index is 0.0276. The Kier molecular flexibility index (Phi) is 3.42. The molecule has 2 N–H and O–H groups in total. The van der Waals surface area contributed by atoms with E-state index in [1.165, 1.54) is 0 Å². The average Bonchev–Trinajstić information content (AvgIpc) is 2.30. The number of rotatable bonds is 3. The summed E-state index contributed by atoms with van der Waals surface area (Å²) in [7, 11) is 0. The van der Waals surface area contributed by atoms with Gasteiger partial charge in [-0.25, -0.2) is 0 Å². The van der Waals surface area contributed by atoms with Crippen LogP contribution in [0.25, 0.3) is 10.9 Å². The Morgan fingerprint density at radius 2 is 1.95 bits per heavy atom. The number of benzene rings is 1. The van der Waals surface area contributed by atoms with Gasteiger partial charge in [0.2, 0.25) is 0 Å². The fraction of sp³-hybridized carbons (Fsp3) is 0.333. The summed E-state index contributed by atoms with van der Waals surface area (Å²) in [5, 5.41) is 9.74. The summed E-state index contributed by atoms with van der Waals surface area (Å²) >= 11 is 0. The minimum atomic E-state index is -0.890. The number of carbonyl (C=O) groups is 1. The van der Waals surface area contributed by atoms with Crippen molar-refractivity contribution in [3.63, 3.8) is 0 Å². The molecule has 0 saturated heterocycles. The number of aromatic nitrogens is 1. The van der Waals surface area contributed by atoms with Gasteiger partial charge < -0.3 is 10.1 Å². The van der Waals surface area contributed by atoms with E-state index in [9.17, 15) is 9.59 Å². The Balaban J connectivity index is 2.67. The van der Waals surface area contributed by atoms with Crippen molar-refractivity contribution in [1.82, 2.24) is 4.98 Å². The number of H-pyrrole nitrogens is 1. The molecular weight excluding hydrogens is 242 g/mol. The summed E-state index contributed by atoms with van der Waals surface area (Å²) in [6.07, 6.45) is 0.236. The monoisotopic (exact) mass is 259 g/mol. The van der Waals surface area contributed by atoms with Crippen LogP contribution in [0.1, 0.15) is 28.7 Å². The van der Waals surface area contributed by atoms with Gasteiger partial charge in [0.1, 0.15) is 0 Å². The molecule has 0 amide bonds. The first-order valence-electron chi connectivity index (χ1n) is 6.24. The van der Waals surface area contributed by atoms with E-state index in [2.05, 4.69) is 4.98 Å². The lowest BCUT2D eigenvalue weighted by atomic mass is 9.98. The predicted octanol–water partition coefficient (Wildman–Crippen LogP) is 2.47. The first-order valence-corrected chi connectivity index (χ1v) is 6.24. The van der Waals surface area contributed by atoms with E-state index in [0.29, 0.717) is 5.56 Å². The van der Waals surface area contributed by atoms with Crippen LogP contribution < -0.4 is 5.56 Å². The van der Waals surface area contributed by atoms with E-state index >= 15 is 0 Å². The van der Waals surface area contributed by atoms with Crippen molar-refractivity contribution in [1.29, 1.82) is 0 Å². The number of carboxylic acids is 1. The Morgan fingerprint density at radius 3 is 2.58 bits per heavy atom. The van der Waals surface area contributed by atoms with Gasteiger partial charge in [0.15, 0.2) is 0 Å². The molecule has 1 heterocycles. The maximum Gasteiger partial charge on any atom is 0.303 e. The molecule has 0 aliphatic carbocycles. The summed E-state index contributed by atoms with van der Waals surface area (Å²) in [5.41, 5.74) is 4.27. The van der Waals surface area contributed by atoms with Crippen LogP contribution in [0.2, 0.25) is 0 Å². The third kappa shape index (κ3) is 2.52. The van der Waals surface area contributed by atoms with Crippen LogP contribution in [0.3, 0.4) is 0 Å². The number of aromatic amines is 1. The molecule has 0 aliphatic heterocycles. The minimum Gasteiger partial charge on any atom is -0.481 e. The molecule has 0 fully saturated rings. The molecule has 1 aromatic heterocycles. The zero-order chi connectivity index (χ0) is 14.2. The standard InChI is InChI=1S/C15H17NO3/c1-8-6-9(2)14-12(7-8)10(3)11(15(19)16-14)4-5-13(17)18/h6-7H,4-5H2,1-3H3,(H,16,19)(H,17,18). The van der Waals surface area contributed by atoms with Crippen molar-refractivity contribution < 1.29 is 9.90 Å². The van der Waals surface area contributed by atoms with Crippen LogP contribution in [0.5, 0.6) is 0 Å². The maximum atomic E-state index is 12.1. The van der Waals surface area contributed by atoms with E-state index in [1.807, 2.05) is 32.9 Å². The Bertz CT molecular complexity index is 713. The Morgan fingerprint density at radius 1 is 1.26 bits per heavy atom. The SMILES string of the molecule is Cc1cc(C)c2[nH]c(=O)c(CCC(=O)O)c(C)c2c1. The third-order valence-corrected chi connectivity index (χ3v) is 3.44. The summed E-state index contributed by atoms with van der Waals surface area (Å²) < 4.78 is 0. The van der Waals surface area contributed by atoms with Crippen LogP contribution in [-0.4, -0.2) is 16.1 Å². The van der Waals surface area contributed by atoms with Crippen LogP contribution in [0, 0.1) is 20.8 Å². The van der Waals surface area contributed by atoms with Crippen molar-refractivity contribution in [2.45, 2.75) is 33.6 Å². The molecule has 0 saturated carbocycles. The smallest absolute Gasteiger partial charge is 0.303 e. The highest BCUT2D eigenvalue weighted by molar-refractivity contribution is 5.86. The van der Waals surface area contributed by atoms with Gasteiger partial charge in [0.05, 0.1) is 5.52 Å². The molecule has 4 heteroatoms. The first kappa shape index (κ1) is 13.3. The number of pyridine rings is 1. The summed E-state index contributed by atoms with van der Waals surface area (Å²) in [6.45, 7) is 5.85. The Labute approximate surface area is 111 Å². The molecule has 0 radical (unpaired) electrons. The van der Waals surface area contributed by atoms with Gasteiger partial charge in [-0.2, -0.15) is 0 Å². The molecule has 19 heavy (non-hydrogen) atoms. The molecule has 2 aromatic rings. The third-order valence-electron chi connectivity index (χ3n) is 3.44. The number of aliphatic carboxylic acids is 1. The number of hydrogen-bond donors (Lipinski definition) is 2. The van der Waals surface area contributed by atoms with Crippen LogP contribution in [0.4, 0.5) is 0 Å². The molecule has 0 unspecified atom stereocenters. The van der Waals surface area contributed by atoms with E-state index in [4.69, 9.17) is 5.11 Å². The van der Waals surface area contributed by atoms with E-state index in [0.717, 1.165) is 27.6 Å². The number of fused-ring (bicyclic) bond motifs is 1. The highest BCUT2D eigenvalue weighted by Crippen LogP contribution is 2.22. The summed E-state index contributed by atoms with van der Waals surface area (Å²) in [6, 6.07) is 4.05. The van der Waals surface area contributed by atoms with Gasteiger partial charge in [-0.3, -0.25) is 9.59 Å². The Hall–Kier alpha value is -2.10. The van der Waals surface area contributed by atoms with E-state index in [1.54, 1.807) is 0 Å². The average molecular weight is 259 g/mol. The number of hydrogen-bond acceptors (Lipinski definition) is 2. The van der Waals surface area contributed by atoms with Crippen LogP contribution in [0.15, 0.2) is 16.9 Å². The molecule has 1 aromatic carbocycles. The van der Waals surface area contributed by atoms with Crippen LogP contribution in [-0.2, 0) is 11.2 Å². The van der Waals surface area contributed by atoms with E-state index in [-0.39, 0.29) is 18.4 Å². The van der Waals surface area contributed by atoms with Gasteiger partial charge >= 0.3 is 5.97 Å². The molecule has 2 rings (SSSR count). The second-order valence-corrected chi connectivity index (χ2v) is 4.96. The largest absolute Gasteiger partial charge is 0.481 e. The second kappa shape index (κ2) is 4.88. The van der Waals surface area contributed by atoms with Crippen molar-refractivity contribution in [2.75, 3.05) is 0 Å². The van der Waals surface area contributed by atoms with Crippen molar-refractivity contribution in [2.24, 2.45) is 0 Å². The van der Waals surface area contributed by atoms with Gasteiger partial charge in [-0.15, -0.1) is 0 Å². The van der Waals surface area contributed by atoms with Crippen molar-refractivity contribution >= 4 is 16.9 Å². The topological polar surface area (TPSA) is 70.2 Å². The van der Waals surface area contributed by atoms with Crippen LogP contribution >= 0.6 is 0 Å². The predicted molar refractivity (Wildman–Crippen MR) is 74.7 cm³/mol. The number of carboxylic acid groups (broad SMARTS) is 1. The second-order valence-electron chi connectivity index (χ2n) is 4.96. The van der Waals surface area contributed by atoms with Crippen molar-refractivity contribution in [3.05, 3.63) is 44.7 Å². The quantitative estimate of drug-likeness (QED) is 0.889. The lowest BCUT2D eigenvalue weighted by Crippen LogP contribution is -2.16. The normalized spacial score (nSPS) is 10.9. The molecule has 100 valence electrons.